The van der Waals surface area contributed by atoms with Crippen molar-refractivity contribution in [2.24, 2.45) is 4.99 Å². The van der Waals surface area contributed by atoms with Gasteiger partial charge in [-0.1, -0.05) is 30.3 Å². The average Bonchev–Trinajstić information content (AvgIpc) is 3.30. The van der Waals surface area contributed by atoms with Crippen LogP contribution in [0.3, 0.4) is 0 Å². The Kier molecular flexibility index (Phi) is 7.67. The first kappa shape index (κ1) is 22.1. The van der Waals surface area contributed by atoms with Crippen molar-refractivity contribution in [2.75, 3.05) is 38.1 Å². The molecule has 0 bridgehead atoms. The minimum Gasteiger partial charge on any atom is -0.368 e. The molecule has 2 aromatic carbocycles. The lowest BCUT2D eigenvalue weighted by Crippen LogP contribution is -2.52. The Balaban J connectivity index is 0.00000256. The molecular formula is C22H28IN7. The van der Waals surface area contributed by atoms with Gasteiger partial charge in [0.2, 0.25) is 0 Å². The lowest BCUT2D eigenvalue weighted by Gasteiger charge is -2.37. The number of guanidine groups is 1. The lowest BCUT2D eigenvalue weighted by atomic mass is 10.1. The van der Waals surface area contributed by atoms with E-state index in [1.165, 1.54) is 23.1 Å². The highest BCUT2D eigenvalue weighted by molar-refractivity contribution is 14.0. The summed E-state index contributed by atoms with van der Waals surface area (Å²) in [6.07, 6.45) is 1.53. The summed E-state index contributed by atoms with van der Waals surface area (Å²) in [5.41, 5.74) is 4.81. The van der Waals surface area contributed by atoms with Crippen molar-refractivity contribution >= 4 is 35.6 Å². The van der Waals surface area contributed by atoms with Crippen LogP contribution in [0.4, 0.5) is 5.69 Å². The SMILES string of the molecule is CN=C(NCc1cccc(-c2ncn[nH]2)c1)N1CCN(c2cccc(C)c2)CC1.I. The van der Waals surface area contributed by atoms with Gasteiger partial charge in [-0.2, -0.15) is 5.10 Å². The van der Waals surface area contributed by atoms with E-state index in [0.29, 0.717) is 6.54 Å². The monoisotopic (exact) mass is 517 g/mol. The van der Waals surface area contributed by atoms with Gasteiger partial charge in [0.25, 0.3) is 0 Å². The van der Waals surface area contributed by atoms with Crippen molar-refractivity contribution in [3.05, 3.63) is 66.0 Å². The fourth-order valence-corrected chi connectivity index (χ4v) is 3.69. The van der Waals surface area contributed by atoms with Gasteiger partial charge in [-0.15, -0.1) is 24.0 Å². The van der Waals surface area contributed by atoms with E-state index < -0.39 is 0 Å². The van der Waals surface area contributed by atoms with Crippen LogP contribution >= 0.6 is 24.0 Å². The van der Waals surface area contributed by atoms with Crippen molar-refractivity contribution in [1.82, 2.24) is 25.4 Å². The molecule has 1 fully saturated rings. The van der Waals surface area contributed by atoms with Crippen LogP contribution in [0.2, 0.25) is 0 Å². The molecule has 0 atom stereocenters. The van der Waals surface area contributed by atoms with Crippen molar-refractivity contribution in [3.63, 3.8) is 0 Å². The average molecular weight is 517 g/mol. The van der Waals surface area contributed by atoms with Crippen LogP contribution in [-0.2, 0) is 6.54 Å². The van der Waals surface area contributed by atoms with Crippen LogP contribution in [0.5, 0.6) is 0 Å². The number of aromatic nitrogens is 3. The maximum atomic E-state index is 4.50. The van der Waals surface area contributed by atoms with Gasteiger partial charge in [-0.05, 0) is 36.2 Å². The summed E-state index contributed by atoms with van der Waals surface area (Å²) in [6, 6.07) is 17.0. The summed E-state index contributed by atoms with van der Waals surface area (Å²) in [5, 5.41) is 10.3. The molecule has 2 heterocycles. The molecule has 2 N–H and O–H groups in total. The number of halogens is 1. The first-order valence-corrected chi connectivity index (χ1v) is 9.95. The van der Waals surface area contributed by atoms with Crippen molar-refractivity contribution < 1.29 is 0 Å². The van der Waals surface area contributed by atoms with Gasteiger partial charge in [0.1, 0.15) is 6.33 Å². The number of aryl methyl sites for hydroxylation is 1. The Bertz CT molecular complexity index is 963. The zero-order chi connectivity index (χ0) is 20.1. The maximum absolute atomic E-state index is 4.50. The van der Waals surface area contributed by atoms with E-state index in [4.69, 9.17) is 0 Å². The molecule has 1 aliphatic rings. The van der Waals surface area contributed by atoms with Crippen LogP contribution in [0.15, 0.2) is 59.9 Å². The smallest absolute Gasteiger partial charge is 0.194 e. The van der Waals surface area contributed by atoms with Crippen LogP contribution < -0.4 is 10.2 Å². The molecule has 0 unspecified atom stereocenters. The van der Waals surface area contributed by atoms with Crippen molar-refractivity contribution in [2.45, 2.75) is 13.5 Å². The van der Waals surface area contributed by atoms with Gasteiger partial charge < -0.3 is 15.1 Å². The number of aliphatic imine (C=N–C) groups is 1. The van der Waals surface area contributed by atoms with Crippen LogP contribution in [0.1, 0.15) is 11.1 Å². The normalized spacial score (nSPS) is 14.4. The number of rotatable bonds is 4. The molecular weight excluding hydrogens is 489 g/mol. The fraction of sp³-hybridized carbons (Fsp3) is 0.318. The Morgan fingerprint density at radius 2 is 1.90 bits per heavy atom. The number of nitrogens with one attached hydrogen (secondary N) is 2. The third-order valence-corrected chi connectivity index (χ3v) is 5.22. The second kappa shape index (κ2) is 10.4. The summed E-state index contributed by atoms with van der Waals surface area (Å²) in [6.45, 7) is 6.74. The van der Waals surface area contributed by atoms with Crippen LogP contribution in [-0.4, -0.2) is 59.3 Å². The molecule has 8 heteroatoms. The van der Waals surface area contributed by atoms with Gasteiger partial charge in [0.05, 0.1) is 0 Å². The van der Waals surface area contributed by atoms with Gasteiger partial charge in [0.15, 0.2) is 11.8 Å². The molecule has 0 spiro atoms. The second-order valence-corrected chi connectivity index (χ2v) is 7.25. The third kappa shape index (κ3) is 5.29. The molecule has 1 aromatic heterocycles. The largest absolute Gasteiger partial charge is 0.368 e. The van der Waals surface area contributed by atoms with E-state index in [-0.39, 0.29) is 24.0 Å². The van der Waals surface area contributed by atoms with E-state index >= 15 is 0 Å². The van der Waals surface area contributed by atoms with E-state index in [2.05, 4.69) is 78.6 Å². The number of aromatic amines is 1. The van der Waals surface area contributed by atoms with Crippen LogP contribution in [0.25, 0.3) is 11.4 Å². The lowest BCUT2D eigenvalue weighted by molar-refractivity contribution is 0.372. The molecule has 0 amide bonds. The van der Waals surface area contributed by atoms with Gasteiger partial charge in [-0.3, -0.25) is 10.1 Å². The summed E-state index contributed by atoms with van der Waals surface area (Å²) in [7, 11) is 1.85. The minimum absolute atomic E-state index is 0. The predicted molar refractivity (Wildman–Crippen MR) is 132 cm³/mol. The van der Waals surface area contributed by atoms with E-state index in [1.807, 2.05) is 19.2 Å². The zero-order valence-corrected chi connectivity index (χ0v) is 19.7. The second-order valence-electron chi connectivity index (χ2n) is 7.25. The zero-order valence-electron chi connectivity index (χ0n) is 17.4. The number of hydrogen-bond acceptors (Lipinski definition) is 4. The topological polar surface area (TPSA) is 72.4 Å². The molecule has 1 aliphatic heterocycles. The molecule has 0 aliphatic carbocycles. The molecule has 30 heavy (non-hydrogen) atoms. The molecule has 158 valence electrons. The predicted octanol–water partition coefficient (Wildman–Crippen LogP) is 3.30. The van der Waals surface area contributed by atoms with Gasteiger partial charge in [-0.25, -0.2) is 4.98 Å². The quantitative estimate of drug-likeness (QED) is 0.316. The number of H-pyrrole nitrogens is 1. The van der Waals surface area contributed by atoms with E-state index in [0.717, 1.165) is 43.5 Å². The first-order valence-electron chi connectivity index (χ1n) is 9.95. The van der Waals surface area contributed by atoms with E-state index in [1.54, 1.807) is 0 Å². The third-order valence-electron chi connectivity index (χ3n) is 5.22. The Hall–Kier alpha value is -2.62. The molecule has 0 radical (unpaired) electrons. The molecule has 0 saturated carbocycles. The summed E-state index contributed by atoms with van der Waals surface area (Å²) in [5.74, 6) is 1.72. The van der Waals surface area contributed by atoms with Crippen molar-refractivity contribution in [3.8, 4) is 11.4 Å². The number of piperazine rings is 1. The fourth-order valence-electron chi connectivity index (χ4n) is 3.69. The summed E-state index contributed by atoms with van der Waals surface area (Å²) < 4.78 is 0. The number of hydrogen-bond donors (Lipinski definition) is 2. The van der Waals surface area contributed by atoms with Crippen molar-refractivity contribution in [1.29, 1.82) is 0 Å². The number of anilines is 1. The molecule has 4 rings (SSSR count). The molecule has 7 nitrogen and oxygen atoms in total. The van der Waals surface area contributed by atoms with Gasteiger partial charge >= 0.3 is 0 Å². The van der Waals surface area contributed by atoms with Crippen LogP contribution in [0, 0.1) is 6.92 Å². The first-order chi connectivity index (χ1) is 14.2. The highest BCUT2D eigenvalue weighted by Crippen LogP contribution is 2.18. The standard InChI is InChI=1S/C22H27N7.HI/c1-17-5-3-8-20(13-17)28-9-11-29(12-10-28)22(23-2)24-15-18-6-4-7-19(14-18)21-25-16-26-27-21;/h3-8,13-14,16H,9-12,15H2,1-2H3,(H,23,24)(H,25,26,27);1H. The van der Waals surface area contributed by atoms with Gasteiger partial charge in [0, 0.05) is 51.0 Å². The summed E-state index contributed by atoms with van der Waals surface area (Å²) >= 11 is 0. The maximum Gasteiger partial charge on any atom is 0.194 e. The Morgan fingerprint density at radius 3 is 2.60 bits per heavy atom. The Labute approximate surface area is 194 Å². The summed E-state index contributed by atoms with van der Waals surface area (Å²) in [4.78, 5) is 13.5. The van der Waals surface area contributed by atoms with E-state index in [9.17, 15) is 0 Å². The Morgan fingerprint density at radius 1 is 1.10 bits per heavy atom. The minimum atomic E-state index is 0. The highest BCUT2D eigenvalue weighted by Gasteiger charge is 2.19. The molecule has 3 aromatic rings. The number of nitrogens with zero attached hydrogens (tertiary/aromatic N) is 5. The number of benzene rings is 2. The molecule has 1 saturated heterocycles. The highest BCUT2D eigenvalue weighted by atomic mass is 127.